The maximum atomic E-state index is 9.53. The lowest BCUT2D eigenvalue weighted by atomic mass is 10.3. The highest BCUT2D eigenvalue weighted by Crippen LogP contribution is 2.27. The molecule has 0 atom stereocenters. The minimum atomic E-state index is -0.190. The summed E-state index contributed by atoms with van der Waals surface area (Å²) >= 11 is 6.05. The Kier molecular flexibility index (Phi) is 4.63. The molecule has 24 heavy (non-hydrogen) atoms. The molecule has 2 aromatic heterocycles. The molecule has 2 heterocycles. The van der Waals surface area contributed by atoms with E-state index in [-0.39, 0.29) is 6.73 Å². The number of aromatic nitrogens is 5. The van der Waals surface area contributed by atoms with Crippen molar-refractivity contribution in [2.24, 2.45) is 0 Å². The third-order valence-electron chi connectivity index (χ3n) is 3.38. The van der Waals surface area contributed by atoms with Gasteiger partial charge in [0, 0.05) is 12.2 Å². The molecule has 0 aliphatic rings. The van der Waals surface area contributed by atoms with Crippen molar-refractivity contribution in [2.45, 2.75) is 13.3 Å². The molecule has 0 fully saturated rings. The fraction of sp³-hybridized carbons (Fsp3) is 0.286. The first-order valence-electron chi connectivity index (χ1n) is 7.38. The minimum absolute atomic E-state index is 0.190. The lowest BCUT2D eigenvalue weighted by molar-refractivity contribution is 0.288. The second-order valence-electron chi connectivity index (χ2n) is 5.13. The Bertz CT molecular complexity index is 852. The van der Waals surface area contributed by atoms with E-state index in [2.05, 4.69) is 30.7 Å². The number of fused-ring (bicyclic) bond motifs is 1. The van der Waals surface area contributed by atoms with Crippen molar-refractivity contribution in [1.29, 1.82) is 0 Å². The zero-order valence-corrected chi connectivity index (χ0v) is 13.7. The number of rotatable bonds is 6. The molecule has 126 valence electrons. The van der Waals surface area contributed by atoms with Gasteiger partial charge in [0.2, 0.25) is 11.6 Å². The summed E-state index contributed by atoms with van der Waals surface area (Å²) in [5.41, 5.74) is 7.81. The highest BCUT2D eigenvalue weighted by Gasteiger charge is 2.16. The van der Waals surface area contributed by atoms with Crippen LogP contribution < -0.4 is 16.0 Å². The number of aliphatic hydroxyl groups excluding tert-OH is 1. The van der Waals surface area contributed by atoms with Gasteiger partial charge in [-0.15, -0.1) is 5.10 Å². The van der Waals surface area contributed by atoms with Gasteiger partial charge in [0.05, 0.1) is 10.7 Å². The number of anilines is 4. The Balaban J connectivity index is 2.02. The van der Waals surface area contributed by atoms with Crippen molar-refractivity contribution in [3.63, 3.8) is 0 Å². The lowest BCUT2D eigenvalue weighted by Gasteiger charge is -2.19. The Morgan fingerprint density at radius 3 is 2.88 bits per heavy atom. The number of aliphatic hydroxyl groups is 1. The molecular formula is C14H17ClN8O. The first-order valence-corrected chi connectivity index (χ1v) is 7.76. The Morgan fingerprint density at radius 2 is 2.17 bits per heavy atom. The number of halogens is 1. The van der Waals surface area contributed by atoms with Crippen LogP contribution >= 0.6 is 11.6 Å². The molecule has 9 nitrogen and oxygen atoms in total. The fourth-order valence-electron chi connectivity index (χ4n) is 2.21. The van der Waals surface area contributed by atoms with E-state index in [9.17, 15) is 5.11 Å². The molecule has 5 N–H and O–H groups in total. The summed E-state index contributed by atoms with van der Waals surface area (Å²) in [5, 5.41) is 23.7. The number of nitrogens with two attached hydrogens (primary N) is 1. The van der Waals surface area contributed by atoms with Crippen LogP contribution in [0.2, 0.25) is 5.02 Å². The minimum Gasteiger partial charge on any atom is -0.398 e. The van der Waals surface area contributed by atoms with Gasteiger partial charge < -0.3 is 21.1 Å². The molecule has 0 spiro atoms. The van der Waals surface area contributed by atoms with Crippen molar-refractivity contribution < 1.29 is 5.11 Å². The van der Waals surface area contributed by atoms with Gasteiger partial charge in [-0.1, -0.05) is 18.5 Å². The van der Waals surface area contributed by atoms with Crippen LogP contribution in [0.15, 0.2) is 18.2 Å². The van der Waals surface area contributed by atoms with Gasteiger partial charge in [0.15, 0.2) is 11.3 Å². The first kappa shape index (κ1) is 16.2. The summed E-state index contributed by atoms with van der Waals surface area (Å²) in [5.74, 6) is 0.823. The zero-order chi connectivity index (χ0) is 17.1. The third kappa shape index (κ3) is 3.17. The average Bonchev–Trinajstić information content (AvgIpc) is 3.04. The van der Waals surface area contributed by atoms with E-state index < -0.39 is 0 Å². The van der Waals surface area contributed by atoms with Crippen molar-refractivity contribution >= 4 is 45.9 Å². The van der Waals surface area contributed by atoms with Crippen LogP contribution in [0.4, 0.5) is 23.1 Å². The number of hydrogen-bond acceptors (Lipinski definition) is 8. The van der Waals surface area contributed by atoms with E-state index in [1.54, 1.807) is 23.1 Å². The van der Waals surface area contributed by atoms with E-state index >= 15 is 0 Å². The summed E-state index contributed by atoms with van der Waals surface area (Å²) in [6, 6.07) is 5.18. The number of H-pyrrole nitrogens is 1. The first-order chi connectivity index (χ1) is 11.6. The maximum absolute atomic E-state index is 9.53. The van der Waals surface area contributed by atoms with Crippen molar-refractivity contribution in [3.05, 3.63) is 23.2 Å². The van der Waals surface area contributed by atoms with Crippen molar-refractivity contribution in [1.82, 2.24) is 25.4 Å². The summed E-state index contributed by atoms with van der Waals surface area (Å²) in [6.07, 6.45) is 0.844. The maximum Gasteiger partial charge on any atom is 0.231 e. The second-order valence-corrected chi connectivity index (χ2v) is 5.54. The molecule has 1 aromatic carbocycles. The third-order valence-corrected chi connectivity index (χ3v) is 3.71. The highest BCUT2D eigenvalue weighted by molar-refractivity contribution is 6.33. The Hall–Kier alpha value is -2.65. The molecule has 0 radical (unpaired) electrons. The van der Waals surface area contributed by atoms with E-state index in [1.165, 1.54) is 0 Å². The molecule has 3 rings (SSSR count). The van der Waals surface area contributed by atoms with Gasteiger partial charge in [-0.05, 0) is 24.6 Å². The monoisotopic (exact) mass is 348 g/mol. The van der Waals surface area contributed by atoms with Gasteiger partial charge in [0.25, 0.3) is 0 Å². The summed E-state index contributed by atoms with van der Waals surface area (Å²) in [7, 11) is 0. The molecule has 0 saturated heterocycles. The van der Waals surface area contributed by atoms with Crippen LogP contribution in [-0.2, 0) is 0 Å². The summed E-state index contributed by atoms with van der Waals surface area (Å²) in [4.78, 5) is 10.4. The van der Waals surface area contributed by atoms with Crippen LogP contribution in [0.25, 0.3) is 11.2 Å². The largest absolute Gasteiger partial charge is 0.398 e. The molecular weight excluding hydrogens is 332 g/mol. The second kappa shape index (κ2) is 6.85. The molecule has 0 bridgehead atoms. The quantitative estimate of drug-likeness (QED) is 0.392. The molecule has 0 unspecified atom stereocenters. The van der Waals surface area contributed by atoms with E-state index in [4.69, 9.17) is 17.3 Å². The molecule has 10 heteroatoms. The van der Waals surface area contributed by atoms with Gasteiger partial charge in [0.1, 0.15) is 6.73 Å². The van der Waals surface area contributed by atoms with Gasteiger partial charge in [-0.2, -0.15) is 20.3 Å². The zero-order valence-electron chi connectivity index (χ0n) is 13.0. The van der Waals surface area contributed by atoms with Gasteiger partial charge in [-0.25, -0.2) is 0 Å². The number of nitrogens with zero attached hydrogens (tertiary/aromatic N) is 5. The van der Waals surface area contributed by atoms with Crippen LogP contribution in [-0.4, -0.2) is 43.8 Å². The lowest BCUT2D eigenvalue weighted by Crippen LogP contribution is -2.27. The normalized spacial score (nSPS) is 11.0. The topological polar surface area (TPSA) is 129 Å². The fourth-order valence-corrected chi connectivity index (χ4v) is 2.39. The van der Waals surface area contributed by atoms with Gasteiger partial charge >= 0.3 is 0 Å². The average molecular weight is 349 g/mol. The van der Waals surface area contributed by atoms with Crippen LogP contribution in [0.5, 0.6) is 0 Å². The molecule has 3 aromatic rings. The number of aromatic amines is 1. The number of benzene rings is 1. The van der Waals surface area contributed by atoms with Crippen molar-refractivity contribution in [3.8, 4) is 0 Å². The van der Waals surface area contributed by atoms with Gasteiger partial charge in [-0.3, -0.25) is 0 Å². The van der Waals surface area contributed by atoms with Crippen LogP contribution in [0.3, 0.4) is 0 Å². The highest BCUT2D eigenvalue weighted by atomic mass is 35.5. The predicted octanol–water partition coefficient (Wildman–Crippen LogP) is 1.89. The molecule has 0 aliphatic heterocycles. The SMILES string of the molecule is CCCN(CO)c1nc(Nc2ccc(N)c(Cl)c2)c2n[nH]nc2n1. The van der Waals surface area contributed by atoms with Crippen LogP contribution in [0, 0.1) is 0 Å². The predicted molar refractivity (Wildman–Crippen MR) is 93.3 cm³/mol. The number of nitrogens with one attached hydrogen (secondary N) is 2. The standard InChI is InChI=1S/C14H17ClN8O/c1-2-5-23(7-24)14-18-12(11-13(19-14)21-22-20-11)17-8-3-4-10(16)9(15)6-8/h3-4,6,24H,2,5,7,16H2,1H3,(H2,17,18,19,20,21,22). The number of nitrogen functional groups attached to an aromatic ring is 1. The molecule has 0 saturated carbocycles. The Morgan fingerprint density at radius 1 is 1.33 bits per heavy atom. The number of hydrogen-bond donors (Lipinski definition) is 4. The molecule has 0 aliphatic carbocycles. The summed E-state index contributed by atoms with van der Waals surface area (Å²) in [6.45, 7) is 2.43. The van der Waals surface area contributed by atoms with E-state index in [0.29, 0.717) is 45.9 Å². The van der Waals surface area contributed by atoms with E-state index in [1.807, 2.05) is 6.92 Å². The van der Waals surface area contributed by atoms with Crippen LogP contribution in [0.1, 0.15) is 13.3 Å². The Labute approximate surface area is 142 Å². The smallest absolute Gasteiger partial charge is 0.231 e. The van der Waals surface area contributed by atoms with E-state index in [0.717, 1.165) is 6.42 Å². The van der Waals surface area contributed by atoms with Crippen molar-refractivity contribution in [2.75, 3.05) is 29.2 Å². The summed E-state index contributed by atoms with van der Waals surface area (Å²) < 4.78 is 0. The molecule has 0 amide bonds.